The van der Waals surface area contributed by atoms with Gasteiger partial charge in [-0.2, -0.15) is 0 Å². The van der Waals surface area contributed by atoms with Crippen LogP contribution in [-0.2, 0) is 6.61 Å². The second-order valence-electron chi connectivity index (χ2n) is 3.78. The van der Waals surface area contributed by atoms with E-state index < -0.39 is 0 Å². The van der Waals surface area contributed by atoms with Crippen LogP contribution in [0.25, 0.3) is 0 Å². The molecule has 0 radical (unpaired) electrons. The summed E-state index contributed by atoms with van der Waals surface area (Å²) in [5.41, 5.74) is 7.36. The molecule has 0 saturated heterocycles. The molecule has 2 N–H and O–H groups in total. The van der Waals surface area contributed by atoms with Crippen LogP contribution in [0.1, 0.15) is 11.1 Å². The Balaban J connectivity index is 2.08. The van der Waals surface area contributed by atoms with Crippen molar-refractivity contribution in [3.8, 4) is 5.75 Å². The number of nitrogens with two attached hydrogens (primary N) is 1. The Morgan fingerprint density at radius 3 is 2.50 bits per heavy atom. The largest absolute Gasteiger partial charge is 0.487 e. The summed E-state index contributed by atoms with van der Waals surface area (Å²) in [5.74, 6) is 0.625. The van der Waals surface area contributed by atoms with E-state index in [-0.39, 0.29) is 0 Å². The Hall–Kier alpha value is -1.58. The minimum Gasteiger partial charge on any atom is -0.487 e. The first kappa shape index (κ1) is 12.9. The minimum absolute atomic E-state index is 0.325. The van der Waals surface area contributed by atoms with E-state index in [1.54, 1.807) is 18.2 Å². The van der Waals surface area contributed by atoms with E-state index in [1.807, 2.05) is 30.3 Å². The lowest BCUT2D eigenvalue weighted by molar-refractivity contribution is 0.306. The summed E-state index contributed by atoms with van der Waals surface area (Å²) in [6.45, 7) is 0.479. The van der Waals surface area contributed by atoms with Gasteiger partial charge in [-0.25, -0.2) is 0 Å². The molecule has 0 aliphatic heterocycles. The lowest BCUT2D eigenvalue weighted by Crippen LogP contribution is -2.09. The molecule has 0 aliphatic carbocycles. The molecule has 2 nitrogen and oxygen atoms in total. The quantitative estimate of drug-likeness (QED) is 0.868. The van der Waals surface area contributed by atoms with E-state index >= 15 is 0 Å². The van der Waals surface area contributed by atoms with E-state index in [0.717, 1.165) is 11.1 Å². The maximum atomic E-state index is 6.10. The Labute approximate surface area is 116 Å². The van der Waals surface area contributed by atoms with Gasteiger partial charge in [0.2, 0.25) is 0 Å². The third kappa shape index (κ3) is 3.22. The van der Waals surface area contributed by atoms with Crippen LogP contribution in [0.3, 0.4) is 0 Å². The van der Waals surface area contributed by atoms with Gasteiger partial charge in [0.05, 0.1) is 5.02 Å². The molecule has 0 bridgehead atoms. The number of halogens is 1. The van der Waals surface area contributed by atoms with Crippen LogP contribution >= 0.6 is 23.8 Å². The topological polar surface area (TPSA) is 35.2 Å². The highest BCUT2D eigenvalue weighted by atomic mass is 35.5. The van der Waals surface area contributed by atoms with E-state index in [4.69, 9.17) is 34.3 Å². The fraction of sp³-hybridized carbons (Fsp3) is 0.0714. The third-order valence-corrected chi connectivity index (χ3v) is 2.98. The van der Waals surface area contributed by atoms with Crippen molar-refractivity contribution in [1.82, 2.24) is 0 Å². The predicted molar refractivity (Wildman–Crippen MR) is 78.1 cm³/mol. The van der Waals surface area contributed by atoms with Crippen LogP contribution in [0, 0.1) is 0 Å². The molecule has 0 amide bonds. The fourth-order valence-corrected chi connectivity index (χ4v) is 1.87. The number of rotatable bonds is 4. The van der Waals surface area contributed by atoms with Crippen molar-refractivity contribution >= 4 is 28.8 Å². The van der Waals surface area contributed by atoms with Crippen LogP contribution in [0.4, 0.5) is 0 Å². The molecule has 2 aromatic carbocycles. The zero-order valence-electron chi connectivity index (χ0n) is 9.60. The Kier molecular flexibility index (Phi) is 4.18. The zero-order chi connectivity index (χ0) is 13.0. The van der Waals surface area contributed by atoms with Crippen LogP contribution in [0.2, 0.25) is 5.02 Å². The van der Waals surface area contributed by atoms with Gasteiger partial charge < -0.3 is 10.5 Å². The normalized spacial score (nSPS) is 10.1. The molecular formula is C14H12ClNOS. The molecule has 2 aromatic rings. The van der Waals surface area contributed by atoms with Gasteiger partial charge in [0.15, 0.2) is 0 Å². The van der Waals surface area contributed by atoms with E-state index in [0.29, 0.717) is 22.4 Å². The van der Waals surface area contributed by atoms with Gasteiger partial charge in [0.1, 0.15) is 17.3 Å². The molecule has 0 heterocycles. The monoisotopic (exact) mass is 277 g/mol. The van der Waals surface area contributed by atoms with Gasteiger partial charge in [0, 0.05) is 5.56 Å². The number of ether oxygens (including phenoxy) is 1. The van der Waals surface area contributed by atoms with Gasteiger partial charge in [-0.1, -0.05) is 54.2 Å². The summed E-state index contributed by atoms with van der Waals surface area (Å²) >= 11 is 11.0. The van der Waals surface area contributed by atoms with E-state index in [9.17, 15) is 0 Å². The minimum atomic E-state index is 0.325. The molecule has 0 spiro atoms. The standard InChI is InChI=1S/C14H12ClNOS/c15-12-8-11(14(16)18)6-7-13(12)17-9-10-4-2-1-3-5-10/h1-8H,9H2,(H2,16,18). The number of benzene rings is 2. The summed E-state index contributed by atoms with van der Waals surface area (Å²) in [6.07, 6.45) is 0. The average molecular weight is 278 g/mol. The van der Waals surface area contributed by atoms with E-state index in [2.05, 4.69) is 0 Å². The van der Waals surface area contributed by atoms with Gasteiger partial charge >= 0.3 is 0 Å². The Morgan fingerprint density at radius 2 is 1.89 bits per heavy atom. The number of hydrogen-bond acceptors (Lipinski definition) is 2. The second-order valence-corrected chi connectivity index (χ2v) is 4.63. The summed E-state index contributed by atoms with van der Waals surface area (Å²) in [6, 6.07) is 15.2. The van der Waals surface area contributed by atoms with Crippen molar-refractivity contribution in [2.45, 2.75) is 6.61 Å². The molecular weight excluding hydrogens is 266 g/mol. The molecule has 18 heavy (non-hydrogen) atoms. The summed E-state index contributed by atoms with van der Waals surface area (Å²) in [7, 11) is 0. The van der Waals surface area contributed by atoms with Crippen molar-refractivity contribution in [1.29, 1.82) is 0 Å². The average Bonchev–Trinajstić information content (AvgIpc) is 2.38. The maximum absolute atomic E-state index is 6.10. The highest BCUT2D eigenvalue weighted by Crippen LogP contribution is 2.26. The van der Waals surface area contributed by atoms with Crippen LogP contribution in [0.5, 0.6) is 5.75 Å². The van der Waals surface area contributed by atoms with Crippen molar-refractivity contribution in [3.63, 3.8) is 0 Å². The summed E-state index contributed by atoms with van der Waals surface area (Å²) in [4.78, 5) is 0.325. The van der Waals surface area contributed by atoms with Gasteiger partial charge in [-0.3, -0.25) is 0 Å². The molecule has 4 heteroatoms. The second kappa shape index (κ2) is 5.85. The molecule has 0 atom stereocenters. The molecule has 0 fully saturated rings. The van der Waals surface area contributed by atoms with Crippen LogP contribution < -0.4 is 10.5 Å². The first-order chi connectivity index (χ1) is 8.66. The molecule has 0 aromatic heterocycles. The molecule has 2 rings (SSSR count). The van der Waals surface area contributed by atoms with Crippen molar-refractivity contribution in [2.24, 2.45) is 5.73 Å². The number of thiocarbonyl (C=S) groups is 1. The first-order valence-electron chi connectivity index (χ1n) is 5.43. The smallest absolute Gasteiger partial charge is 0.138 e. The SMILES string of the molecule is NC(=S)c1ccc(OCc2ccccc2)c(Cl)c1. The summed E-state index contributed by atoms with van der Waals surface area (Å²) in [5, 5.41) is 0.510. The fourth-order valence-electron chi connectivity index (χ4n) is 1.51. The molecule has 92 valence electrons. The lowest BCUT2D eigenvalue weighted by atomic mass is 10.2. The highest BCUT2D eigenvalue weighted by molar-refractivity contribution is 7.80. The lowest BCUT2D eigenvalue weighted by Gasteiger charge is -2.09. The Bertz CT molecular complexity index is 557. The van der Waals surface area contributed by atoms with Crippen LogP contribution in [0.15, 0.2) is 48.5 Å². The first-order valence-corrected chi connectivity index (χ1v) is 6.21. The highest BCUT2D eigenvalue weighted by Gasteiger charge is 2.05. The predicted octanol–water partition coefficient (Wildman–Crippen LogP) is 3.55. The Morgan fingerprint density at radius 1 is 1.17 bits per heavy atom. The van der Waals surface area contributed by atoms with Gasteiger partial charge in [-0.15, -0.1) is 0 Å². The maximum Gasteiger partial charge on any atom is 0.138 e. The van der Waals surface area contributed by atoms with Crippen molar-refractivity contribution < 1.29 is 4.74 Å². The van der Waals surface area contributed by atoms with Gasteiger partial charge in [-0.05, 0) is 23.8 Å². The summed E-state index contributed by atoms with van der Waals surface area (Å²) < 4.78 is 5.64. The zero-order valence-corrected chi connectivity index (χ0v) is 11.2. The number of hydrogen-bond donors (Lipinski definition) is 1. The van der Waals surface area contributed by atoms with Crippen molar-refractivity contribution in [2.75, 3.05) is 0 Å². The van der Waals surface area contributed by atoms with Gasteiger partial charge in [0.25, 0.3) is 0 Å². The molecule has 0 saturated carbocycles. The van der Waals surface area contributed by atoms with E-state index in [1.165, 1.54) is 0 Å². The molecule has 0 unspecified atom stereocenters. The third-order valence-electron chi connectivity index (χ3n) is 2.45. The van der Waals surface area contributed by atoms with Crippen molar-refractivity contribution in [3.05, 3.63) is 64.7 Å². The molecule has 0 aliphatic rings. The van der Waals surface area contributed by atoms with Crippen LogP contribution in [-0.4, -0.2) is 4.99 Å².